The van der Waals surface area contributed by atoms with Gasteiger partial charge in [-0.15, -0.1) is 0 Å². The molecule has 0 saturated carbocycles. The predicted octanol–water partition coefficient (Wildman–Crippen LogP) is 4.94. The lowest BCUT2D eigenvalue weighted by molar-refractivity contribution is 0.200. The molecule has 3 aromatic rings. The molecule has 3 rings (SSSR count). The number of benzene rings is 2. The molecule has 1 N–H and O–H groups in total. The van der Waals surface area contributed by atoms with Gasteiger partial charge >= 0.3 is 6.09 Å². The van der Waals surface area contributed by atoms with Gasteiger partial charge in [-0.1, -0.05) is 61.9 Å². The first-order valence-electron chi connectivity index (χ1n) is 9.90. The molecule has 0 aliphatic heterocycles. The highest BCUT2D eigenvalue weighted by molar-refractivity contribution is 5.70. The summed E-state index contributed by atoms with van der Waals surface area (Å²) in [6.45, 7) is 2.69. The maximum Gasteiger partial charge on any atom is 0.412 e. The lowest BCUT2D eigenvalue weighted by Gasteiger charge is -2.10. The topological polar surface area (TPSA) is 56.1 Å². The fraction of sp³-hybridized carbons (Fsp3) is 0.304. The molecule has 28 heavy (non-hydrogen) atoms. The van der Waals surface area contributed by atoms with Crippen molar-refractivity contribution >= 4 is 6.09 Å². The summed E-state index contributed by atoms with van der Waals surface area (Å²) in [5, 5.41) is 7.25. The van der Waals surface area contributed by atoms with Gasteiger partial charge in [0.15, 0.2) is 5.75 Å². The molecule has 2 aromatic carbocycles. The highest BCUT2D eigenvalue weighted by Crippen LogP contribution is 2.23. The lowest BCUT2D eigenvalue weighted by atomic mass is 10.1. The fourth-order valence-corrected chi connectivity index (χ4v) is 3.13. The summed E-state index contributed by atoms with van der Waals surface area (Å²) >= 11 is 0. The Hall–Kier alpha value is -3.08. The van der Waals surface area contributed by atoms with Crippen LogP contribution in [0.15, 0.2) is 66.9 Å². The molecule has 0 bridgehead atoms. The first-order valence-corrected chi connectivity index (χ1v) is 9.90. The molecular formula is C23H27N3O2. The van der Waals surface area contributed by atoms with Gasteiger partial charge in [0.1, 0.15) is 0 Å². The van der Waals surface area contributed by atoms with Crippen LogP contribution >= 0.6 is 0 Å². The second-order valence-corrected chi connectivity index (χ2v) is 6.71. The van der Waals surface area contributed by atoms with Crippen molar-refractivity contribution in [2.45, 2.75) is 39.0 Å². The maximum atomic E-state index is 12.2. The molecule has 0 spiro atoms. The molecule has 1 amide bonds. The van der Waals surface area contributed by atoms with Gasteiger partial charge in [-0.25, -0.2) is 9.48 Å². The first-order chi connectivity index (χ1) is 13.8. The summed E-state index contributed by atoms with van der Waals surface area (Å²) in [4.78, 5) is 12.2. The molecule has 0 aliphatic rings. The van der Waals surface area contributed by atoms with E-state index >= 15 is 0 Å². The molecule has 5 nitrogen and oxygen atoms in total. The van der Waals surface area contributed by atoms with Crippen LogP contribution in [0.4, 0.5) is 4.79 Å². The van der Waals surface area contributed by atoms with Gasteiger partial charge < -0.3 is 10.1 Å². The minimum Gasteiger partial charge on any atom is -0.407 e. The number of aryl methyl sites for hydroxylation is 1. The quantitative estimate of drug-likeness (QED) is 0.538. The van der Waals surface area contributed by atoms with E-state index in [-0.39, 0.29) is 0 Å². The normalized spacial score (nSPS) is 10.6. The molecule has 5 heteroatoms. The summed E-state index contributed by atoms with van der Waals surface area (Å²) in [7, 11) is 0. The SMILES string of the molecule is CCCc1c(OC(=O)NCCCCc2ccccc2)cnn1-c1ccccc1. The Morgan fingerprint density at radius 2 is 1.71 bits per heavy atom. The van der Waals surface area contributed by atoms with Gasteiger partial charge in [0, 0.05) is 6.54 Å². The van der Waals surface area contributed by atoms with E-state index in [1.807, 2.05) is 41.1 Å². The molecule has 0 unspecified atom stereocenters. The second-order valence-electron chi connectivity index (χ2n) is 6.71. The monoisotopic (exact) mass is 377 g/mol. The van der Waals surface area contributed by atoms with Crippen LogP contribution in [-0.2, 0) is 12.8 Å². The number of unbranched alkanes of at least 4 members (excludes halogenated alkanes) is 1. The number of ether oxygens (including phenoxy) is 1. The number of nitrogens with zero attached hydrogens (tertiary/aromatic N) is 2. The van der Waals surface area contributed by atoms with Crippen LogP contribution in [-0.4, -0.2) is 22.4 Å². The van der Waals surface area contributed by atoms with Crippen LogP contribution in [0.3, 0.4) is 0 Å². The summed E-state index contributed by atoms with van der Waals surface area (Å²) in [5.41, 5.74) is 3.19. The van der Waals surface area contributed by atoms with Crippen LogP contribution in [0.5, 0.6) is 5.75 Å². The number of aromatic nitrogens is 2. The van der Waals surface area contributed by atoms with Crippen LogP contribution in [0.1, 0.15) is 37.4 Å². The van der Waals surface area contributed by atoms with E-state index in [1.165, 1.54) is 5.56 Å². The molecule has 0 aliphatic carbocycles. The number of hydrogen-bond donors (Lipinski definition) is 1. The zero-order valence-electron chi connectivity index (χ0n) is 16.3. The van der Waals surface area contributed by atoms with Gasteiger partial charge in [-0.2, -0.15) is 5.10 Å². The molecule has 1 heterocycles. The molecule has 0 radical (unpaired) electrons. The Morgan fingerprint density at radius 3 is 2.43 bits per heavy atom. The molecule has 1 aromatic heterocycles. The number of carbonyl (C=O) groups is 1. The summed E-state index contributed by atoms with van der Waals surface area (Å²) in [5.74, 6) is 0.521. The zero-order chi connectivity index (χ0) is 19.6. The standard InChI is InChI=1S/C23H27N3O2/c1-2-11-21-22(18-25-26(21)20-15-7-4-8-16-20)28-23(27)24-17-10-9-14-19-12-5-3-6-13-19/h3-8,12-13,15-16,18H,2,9-11,14,17H2,1H3,(H,24,27). The molecule has 146 valence electrons. The second kappa shape index (κ2) is 10.3. The zero-order valence-corrected chi connectivity index (χ0v) is 16.3. The van der Waals surface area contributed by atoms with Crippen molar-refractivity contribution in [1.29, 1.82) is 0 Å². The van der Waals surface area contributed by atoms with Gasteiger partial charge in [0.2, 0.25) is 0 Å². The smallest absolute Gasteiger partial charge is 0.407 e. The van der Waals surface area contributed by atoms with E-state index in [0.717, 1.165) is 43.5 Å². The Bertz CT molecular complexity index is 860. The maximum absolute atomic E-state index is 12.2. The van der Waals surface area contributed by atoms with Crippen LogP contribution in [0.2, 0.25) is 0 Å². The van der Waals surface area contributed by atoms with Gasteiger partial charge in [0.05, 0.1) is 17.6 Å². The molecule has 0 atom stereocenters. The largest absolute Gasteiger partial charge is 0.412 e. The van der Waals surface area contributed by atoms with E-state index < -0.39 is 6.09 Å². The van der Waals surface area contributed by atoms with Crippen molar-refractivity contribution in [1.82, 2.24) is 15.1 Å². The molecule has 0 fully saturated rings. The number of rotatable bonds is 9. The number of hydrogen-bond acceptors (Lipinski definition) is 3. The van der Waals surface area contributed by atoms with E-state index in [4.69, 9.17) is 4.74 Å². The fourth-order valence-electron chi connectivity index (χ4n) is 3.13. The Kier molecular flexibility index (Phi) is 7.24. The van der Waals surface area contributed by atoms with E-state index in [0.29, 0.717) is 12.3 Å². The molecule has 0 saturated heterocycles. The minimum absolute atomic E-state index is 0.426. The average Bonchev–Trinajstić information content (AvgIpc) is 3.12. The van der Waals surface area contributed by atoms with Gasteiger partial charge in [-0.3, -0.25) is 0 Å². The van der Waals surface area contributed by atoms with Crippen LogP contribution in [0.25, 0.3) is 5.69 Å². The average molecular weight is 377 g/mol. The number of para-hydroxylation sites is 1. The van der Waals surface area contributed by atoms with Crippen LogP contribution < -0.4 is 10.1 Å². The number of carbonyl (C=O) groups excluding carboxylic acids is 1. The van der Waals surface area contributed by atoms with Crippen molar-refractivity contribution in [2.24, 2.45) is 0 Å². The third kappa shape index (κ3) is 5.46. The van der Waals surface area contributed by atoms with Crippen molar-refractivity contribution in [3.05, 3.63) is 78.1 Å². The van der Waals surface area contributed by atoms with Crippen molar-refractivity contribution < 1.29 is 9.53 Å². The van der Waals surface area contributed by atoms with E-state index in [2.05, 4.69) is 41.6 Å². The third-order valence-corrected chi connectivity index (χ3v) is 4.53. The Labute approximate surface area is 166 Å². The number of amides is 1. The Morgan fingerprint density at radius 1 is 1.00 bits per heavy atom. The molecular weight excluding hydrogens is 350 g/mol. The van der Waals surface area contributed by atoms with E-state index in [9.17, 15) is 4.79 Å². The summed E-state index contributed by atoms with van der Waals surface area (Å²) in [6.07, 6.45) is 5.87. The summed E-state index contributed by atoms with van der Waals surface area (Å²) in [6, 6.07) is 20.3. The van der Waals surface area contributed by atoms with Gasteiger partial charge in [-0.05, 0) is 43.4 Å². The minimum atomic E-state index is -0.426. The summed E-state index contributed by atoms with van der Waals surface area (Å²) < 4.78 is 7.37. The lowest BCUT2D eigenvalue weighted by Crippen LogP contribution is -2.28. The van der Waals surface area contributed by atoms with Crippen molar-refractivity contribution in [3.8, 4) is 11.4 Å². The first kappa shape index (κ1) is 19.7. The van der Waals surface area contributed by atoms with Crippen molar-refractivity contribution in [2.75, 3.05) is 6.54 Å². The third-order valence-electron chi connectivity index (χ3n) is 4.53. The van der Waals surface area contributed by atoms with Crippen molar-refractivity contribution in [3.63, 3.8) is 0 Å². The Balaban J connectivity index is 1.50. The van der Waals surface area contributed by atoms with E-state index in [1.54, 1.807) is 6.20 Å². The van der Waals surface area contributed by atoms with Gasteiger partial charge in [0.25, 0.3) is 0 Å². The highest BCUT2D eigenvalue weighted by atomic mass is 16.6. The number of nitrogens with one attached hydrogen (secondary N) is 1. The predicted molar refractivity (Wildman–Crippen MR) is 111 cm³/mol. The van der Waals surface area contributed by atoms with Crippen LogP contribution in [0, 0.1) is 0 Å². The highest BCUT2D eigenvalue weighted by Gasteiger charge is 2.15.